The Hall–Kier alpha value is 0.340. The molecule has 6 nitrogen and oxygen atoms in total. The van der Waals surface area contributed by atoms with E-state index < -0.39 is 16.5 Å². The number of hydrogen-bond acceptors (Lipinski definition) is 4. The second-order valence-electron chi connectivity index (χ2n) is 6.33. The van der Waals surface area contributed by atoms with E-state index >= 15 is 0 Å². The molecule has 0 aliphatic carbocycles. The van der Waals surface area contributed by atoms with Crippen LogP contribution in [0.5, 0.6) is 0 Å². The van der Waals surface area contributed by atoms with Gasteiger partial charge in [-0.05, 0) is 19.8 Å². The van der Waals surface area contributed by atoms with E-state index in [0.29, 0.717) is 6.54 Å². The Kier molecular flexibility index (Phi) is 19.6. The summed E-state index contributed by atoms with van der Waals surface area (Å²) in [4.78, 5) is 11.5. The van der Waals surface area contributed by atoms with Crippen LogP contribution in [0.4, 0.5) is 0 Å². The second-order valence-corrected chi connectivity index (χ2v) is 7.38. The molecule has 0 saturated heterocycles. The molecule has 0 fully saturated rings. The zero-order chi connectivity index (χ0) is 18.3. The van der Waals surface area contributed by atoms with Crippen molar-refractivity contribution in [2.45, 2.75) is 97.0 Å². The molecule has 1 N–H and O–H groups in total. The van der Waals surface area contributed by atoms with E-state index in [4.69, 9.17) is 4.55 Å². The molecular weight excluding hydrogens is 353 g/mol. The van der Waals surface area contributed by atoms with Gasteiger partial charge in [-0.2, -0.15) is 8.42 Å². The first-order valence-corrected chi connectivity index (χ1v) is 10.6. The molecule has 144 valence electrons. The fraction of sp³-hybridized carbons (Fsp3) is 0.941. The molecule has 0 saturated carbocycles. The smallest absolute Gasteiger partial charge is 0.653 e. The molecule has 0 heterocycles. The molecule has 1 atom stereocenters. The Morgan fingerprint density at radius 3 is 1.96 bits per heavy atom. The molecule has 0 bridgehead atoms. The molecule has 8 heteroatoms. The Morgan fingerprint density at radius 2 is 1.48 bits per heavy atom. The first kappa shape index (κ1) is 27.6. The van der Waals surface area contributed by atoms with Crippen LogP contribution in [0.25, 0.3) is 5.32 Å². The Balaban J connectivity index is 0. The minimum atomic E-state index is -4.45. The standard InChI is InChI=1S/C17H35NO5S.Na/c1-3-4-5-6-7-8-9-10-11-12-15-18-17(19)14-13-16(2)23-24(20,21)22;/h16H,3-15H2,1-2H3,(H2,18,19,20,21,22);/q;+1/p-1. The summed E-state index contributed by atoms with van der Waals surface area (Å²) in [6, 6.07) is 0. The van der Waals surface area contributed by atoms with Gasteiger partial charge in [0.05, 0.1) is 12.0 Å². The van der Waals surface area contributed by atoms with E-state index in [1.807, 2.05) is 0 Å². The van der Waals surface area contributed by atoms with Gasteiger partial charge in [-0.15, -0.1) is 6.54 Å². The van der Waals surface area contributed by atoms with E-state index in [-0.39, 0.29) is 48.3 Å². The van der Waals surface area contributed by atoms with Crippen LogP contribution < -0.4 is 29.6 Å². The van der Waals surface area contributed by atoms with Crippen LogP contribution in [0, 0.1) is 0 Å². The SMILES string of the molecule is CCCCCCCCCCCC[N-]C(=O)CCC(C)OS(=O)(=O)O.[Na+]. The minimum absolute atomic E-state index is 0. The average Bonchev–Trinajstić information content (AvgIpc) is 2.49. The number of hydrogen-bond donors (Lipinski definition) is 1. The topological polar surface area (TPSA) is 94.8 Å². The predicted octanol–water partition coefficient (Wildman–Crippen LogP) is 1.80. The summed E-state index contributed by atoms with van der Waals surface area (Å²) in [5.41, 5.74) is 0. The van der Waals surface area contributed by atoms with E-state index in [1.165, 1.54) is 58.3 Å². The van der Waals surface area contributed by atoms with Crippen LogP contribution in [0.15, 0.2) is 0 Å². The summed E-state index contributed by atoms with van der Waals surface area (Å²) in [7, 11) is -4.45. The third-order valence-electron chi connectivity index (χ3n) is 3.85. The van der Waals surface area contributed by atoms with Crippen molar-refractivity contribution in [1.82, 2.24) is 0 Å². The normalized spacial score (nSPS) is 12.4. The van der Waals surface area contributed by atoms with Crippen molar-refractivity contribution in [3.05, 3.63) is 5.32 Å². The first-order valence-electron chi connectivity index (χ1n) is 9.21. The van der Waals surface area contributed by atoms with Crippen LogP contribution in [0.2, 0.25) is 0 Å². The third kappa shape index (κ3) is 22.3. The van der Waals surface area contributed by atoms with Crippen molar-refractivity contribution in [2.24, 2.45) is 0 Å². The van der Waals surface area contributed by atoms with Crippen molar-refractivity contribution >= 4 is 16.3 Å². The van der Waals surface area contributed by atoms with Gasteiger partial charge in [-0.3, -0.25) is 4.55 Å². The molecule has 0 spiro atoms. The van der Waals surface area contributed by atoms with Crippen LogP contribution in [0.1, 0.15) is 90.9 Å². The predicted molar refractivity (Wildman–Crippen MR) is 96.4 cm³/mol. The summed E-state index contributed by atoms with van der Waals surface area (Å²) in [5.74, 6) is -0.239. The van der Waals surface area contributed by atoms with Gasteiger partial charge in [0.1, 0.15) is 0 Å². The van der Waals surface area contributed by atoms with Crippen molar-refractivity contribution in [1.29, 1.82) is 0 Å². The van der Waals surface area contributed by atoms with Crippen molar-refractivity contribution < 1.29 is 51.5 Å². The maximum atomic E-state index is 11.5. The first-order chi connectivity index (χ1) is 11.3. The van der Waals surface area contributed by atoms with Crippen LogP contribution >= 0.6 is 0 Å². The number of nitrogens with zero attached hydrogens (tertiary/aromatic N) is 1. The van der Waals surface area contributed by atoms with Gasteiger partial charge in [0.2, 0.25) is 0 Å². The molecule has 0 aliphatic heterocycles. The van der Waals surface area contributed by atoms with E-state index in [0.717, 1.165) is 12.8 Å². The number of unbranched alkanes of at least 4 members (excludes halogenated alkanes) is 9. The van der Waals surface area contributed by atoms with Gasteiger partial charge in [-0.25, -0.2) is 4.18 Å². The maximum absolute atomic E-state index is 11.5. The second kappa shape index (κ2) is 17.7. The van der Waals surface area contributed by atoms with Gasteiger partial charge in [0.25, 0.3) is 0 Å². The molecule has 25 heavy (non-hydrogen) atoms. The third-order valence-corrected chi connectivity index (χ3v) is 4.42. The number of rotatable bonds is 16. The largest absolute Gasteiger partial charge is 1.00 e. The Labute approximate surface area is 176 Å². The van der Waals surface area contributed by atoms with Gasteiger partial charge >= 0.3 is 40.0 Å². The number of amides is 1. The molecule has 0 rings (SSSR count). The van der Waals surface area contributed by atoms with Gasteiger partial charge in [0.15, 0.2) is 0 Å². The molecule has 0 aromatic rings. The van der Waals surface area contributed by atoms with Crippen molar-refractivity contribution in [3.63, 3.8) is 0 Å². The molecule has 1 amide bonds. The van der Waals surface area contributed by atoms with E-state index in [9.17, 15) is 13.2 Å². The van der Waals surface area contributed by atoms with Crippen LogP contribution in [-0.2, 0) is 19.4 Å². The molecule has 0 aliphatic rings. The average molecular weight is 388 g/mol. The van der Waals surface area contributed by atoms with E-state index in [2.05, 4.69) is 16.4 Å². The number of carbonyl (C=O) groups is 1. The summed E-state index contributed by atoms with van der Waals surface area (Å²) >= 11 is 0. The summed E-state index contributed by atoms with van der Waals surface area (Å²) in [6.45, 7) is 4.25. The van der Waals surface area contributed by atoms with Gasteiger partial charge < -0.3 is 10.1 Å². The molecular formula is C17H34NNaO5S. The summed E-state index contributed by atoms with van der Waals surface area (Å²) < 4.78 is 33.8. The fourth-order valence-electron chi connectivity index (χ4n) is 2.46. The monoisotopic (exact) mass is 387 g/mol. The molecule has 0 aromatic heterocycles. The van der Waals surface area contributed by atoms with Gasteiger partial charge in [-0.1, -0.05) is 71.1 Å². The minimum Gasteiger partial charge on any atom is -0.653 e. The molecule has 1 unspecified atom stereocenters. The van der Waals surface area contributed by atoms with Crippen molar-refractivity contribution in [2.75, 3.05) is 6.54 Å². The summed E-state index contributed by atoms with van der Waals surface area (Å²) in [6.07, 6.45) is 12.0. The Morgan fingerprint density at radius 1 is 1.00 bits per heavy atom. The zero-order valence-electron chi connectivity index (χ0n) is 16.2. The fourth-order valence-corrected chi connectivity index (χ4v) is 2.98. The molecule has 0 aromatic carbocycles. The summed E-state index contributed by atoms with van der Waals surface area (Å²) in [5, 5.41) is 3.95. The van der Waals surface area contributed by atoms with Crippen LogP contribution in [-0.4, -0.2) is 31.5 Å². The quantitative estimate of drug-likeness (QED) is 0.248. The zero-order valence-corrected chi connectivity index (χ0v) is 19.0. The van der Waals surface area contributed by atoms with E-state index in [1.54, 1.807) is 0 Å². The maximum Gasteiger partial charge on any atom is 1.00 e. The Bertz CT molecular complexity index is 417. The van der Waals surface area contributed by atoms with Crippen molar-refractivity contribution in [3.8, 4) is 0 Å². The van der Waals surface area contributed by atoms with Gasteiger partial charge in [0, 0.05) is 0 Å². The molecule has 0 radical (unpaired) electrons. The number of carbonyl (C=O) groups excluding carboxylic acids is 1. The van der Waals surface area contributed by atoms with Crippen LogP contribution in [0.3, 0.4) is 0 Å².